The average molecular weight is 540 g/mol. The molecule has 3 rings (SSSR count). The molecular weight excluding hydrogens is 510 g/mol. The van der Waals surface area contributed by atoms with E-state index in [2.05, 4.69) is 17.2 Å². The second-order valence-electron chi connectivity index (χ2n) is 8.07. The van der Waals surface area contributed by atoms with Crippen LogP contribution >= 0.6 is 22.9 Å². The van der Waals surface area contributed by atoms with Crippen molar-refractivity contribution in [2.75, 3.05) is 25.6 Å². The summed E-state index contributed by atoms with van der Waals surface area (Å²) in [7, 11) is 1.63. The van der Waals surface area contributed by atoms with Crippen molar-refractivity contribution >= 4 is 51.7 Å². The maximum atomic E-state index is 12.8. The van der Waals surface area contributed by atoms with Gasteiger partial charge in [0, 0.05) is 64.3 Å². The molecule has 0 unspecified atom stereocenters. The van der Waals surface area contributed by atoms with Gasteiger partial charge in [0.25, 0.3) is 11.8 Å². The van der Waals surface area contributed by atoms with E-state index in [1.165, 1.54) is 11.3 Å². The van der Waals surface area contributed by atoms with E-state index >= 15 is 0 Å². The molecule has 0 atom stereocenters. The van der Waals surface area contributed by atoms with E-state index in [1.807, 2.05) is 12.3 Å². The number of rotatable bonds is 12. The van der Waals surface area contributed by atoms with Gasteiger partial charge in [0.15, 0.2) is 0 Å². The van der Waals surface area contributed by atoms with Crippen molar-refractivity contribution < 1.29 is 19.1 Å². The van der Waals surface area contributed by atoms with Crippen molar-refractivity contribution in [1.82, 2.24) is 5.32 Å². The van der Waals surface area contributed by atoms with Crippen LogP contribution in [0.5, 0.6) is 5.75 Å². The monoisotopic (exact) mass is 539 g/mol. The summed E-state index contributed by atoms with van der Waals surface area (Å²) >= 11 is 7.31. The average Bonchev–Trinajstić information content (AvgIpc) is 3.30. The van der Waals surface area contributed by atoms with Gasteiger partial charge < -0.3 is 25.8 Å². The second kappa shape index (κ2) is 13.6. The molecule has 3 aromatic rings. The molecule has 1 aromatic heterocycles. The van der Waals surface area contributed by atoms with E-state index < -0.39 is 0 Å². The molecular formula is C28H30ClN3O4S. The maximum Gasteiger partial charge on any atom is 0.255 e. The largest absolute Gasteiger partial charge is 0.489 e. The summed E-state index contributed by atoms with van der Waals surface area (Å²) in [6, 6.07) is 13.8. The number of methoxy groups -OCH3 is 1. The summed E-state index contributed by atoms with van der Waals surface area (Å²) in [6.07, 6.45) is 2.49. The number of thiophene rings is 1. The van der Waals surface area contributed by atoms with Crippen molar-refractivity contribution in [3.63, 3.8) is 0 Å². The third kappa shape index (κ3) is 7.69. The molecule has 194 valence electrons. The molecule has 7 nitrogen and oxygen atoms in total. The van der Waals surface area contributed by atoms with E-state index in [9.17, 15) is 9.59 Å². The topological polar surface area (TPSA) is 103 Å². The SMILES string of the molecule is C=C(N)c1c(COc2cccc(NC(=O)c3ccc(Cl)cc3)c2)csc1/C(=C\C)C(=O)NCCCOC. The Morgan fingerprint density at radius 2 is 1.95 bits per heavy atom. The van der Waals surface area contributed by atoms with Gasteiger partial charge in [-0.2, -0.15) is 0 Å². The molecule has 1 heterocycles. The zero-order chi connectivity index (χ0) is 26.8. The highest BCUT2D eigenvalue weighted by Crippen LogP contribution is 2.33. The fourth-order valence-corrected chi connectivity index (χ4v) is 4.85. The molecule has 2 amide bonds. The Morgan fingerprint density at radius 1 is 1.19 bits per heavy atom. The number of carbonyl (C=O) groups excluding carboxylic acids is 2. The first-order valence-electron chi connectivity index (χ1n) is 11.6. The summed E-state index contributed by atoms with van der Waals surface area (Å²) in [4.78, 5) is 26.1. The van der Waals surface area contributed by atoms with Crippen molar-refractivity contribution in [2.24, 2.45) is 5.73 Å². The maximum absolute atomic E-state index is 12.8. The number of allylic oxidation sites excluding steroid dienone is 1. The first-order chi connectivity index (χ1) is 17.8. The van der Waals surface area contributed by atoms with Crippen molar-refractivity contribution in [2.45, 2.75) is 20.0 Å². The van der Waals surface area contributed by atoms with Gasteiger partial charge >= 0.3 is 0 Å². The standard InChI is InChI=1S/C28H30ClN3O4S/c1-4-24(28(34)31-13-6-14-35-3)26-25(18(2)30)20(17-37-26)16-36-23-8-5-7-22(15-23)32-27(33)19-9-11-21(29)12-10-19/h4-5,7-12,15,17H,2,6,13-14,16,30H2,1,3H3,(H,31,34)(H,32,33)/b24-4+. The number of hydrogen-bond acceptors (Lipinski definition) is 6. The fourth-order valence-electron chi connectivity index (χ4n) is 3.56. The van der Waals surface area contributed by atoms with E-state index in [0.717, 1.165) is 16.9 Å². The summed E-state index contributed by atoms with van der Waals surface area (Å²) in [5, 5.41) is 8.24. The van der Waals surface area contributed by atoms with Crippen LogP contribution in [0.4, 0.5) is 5.69 Å². The number of nitrogens with two attached hydrogens (primary N) is 1. The van der Waals surface area contributed by atoms with Crippen LogP contribution < -0.4 is 21.1 Å². The molecule has 0 aliphatic heterocycles. The number of nitrogens with one attached hydrogen (secondary N) is 2. The highest BCUT2D eigenvalue weighted by atomic mass is 35.5. The second-order valence-corrected chi connectivity index (χ2v) is 9.39. The van der Waals surface area contributed by atoms with Crippen molar-refractivity contribution in [3.8, 4) is 5.75 Å². The molecule has 0 saturated heterocycles. The Balaban J connectivity index is 1.70. The molecule has 0 saturated carbocycles. The molecule has 0 aliphatic rings. The Kier molecular flexibility index (Phi) is 10.3. The normalized spacial score (nSPS) is 11.2. The number of halogens is 1. The summed E-state index contributed by atoms with van der Waals surface area (Å²) < 4.78 is 11.0. The van der Waals surface area contributed by atoms with E-state index in [1.54, 1.807) is 61.7 Å². The van der Waals surface area contributed by atoms with Crippen molar-refractivity contribution in [3.05, 3.63) is 93.2 Å². The first-order valence-corrected chi connectivity index (χ1v) is 12.9. The predicted octanol–water partition coefficient (Wildman–Crippen LogP) is 5.72. The van der Waals surface area contributed by atoms with Crippen LogP contribution in [0.2, 0.25) is 5.02 Å². The highest BCUT2D eigenvalue weighted by molar-refractivity contribution is 7.12. The highest BCUT2D eigenvalue weighted by Gasteiger charge is 2.21. The smallest absolute Gasteiger partial charge is 0.255 e. The lowest BCUT2D eigenvalue weighted by molar-refractivity contribution is -0.115. The fraction of sp³-hybridized carbons (Fsp3) is 0.214. The van der Waals surface area contributed by atoms with Crippen molar-refractivity contribution in [1.29, 1.82) is 0 Å². The number of hydrogen-bond donors (Lipinski definition) is 3. The quantitative estimate of drug-likeness (QED) is 0.202. The van der Waals surface area contributed by atoms with E-state index in [4.69, 9.17) is 26.8 Å². The molecule has 0 bridgehead atoms. The van der Waals surface area contributed by atoms with Crippen LogP contribution in [-0.4, -0.2) is 32.1 Å². The van der Waals surface area contributed by atoms with E-state index in [0.29, 0.717) is 52.0 Å². The van der Waals surface area contributed by atoms with Crippen LogP contribution in [0.1, 0.15) is 39.7 Å². The molecule has 0 radical (unpaired) electrons. The van der Waals surface area contributed by atoms with E-state index in [-0.39, 0.29) is 18.4 Å². The summed E-state index contributed by atoms with van der Waals surface area (Å²) in [5.41, 5.74) is 9.60. The Labute approximate surface area is 225 Å². The predicted molar refractivity (Wildman–Crippen MR) is 151 cm³/mol. The van der Waals surface area contributed by atoms with Gasteiger partial charge in [0.05, 0.1) is 5.57 Å². The minimum Gasteiger partial charge on any atom is -0.489 e. The van der Waals surface area contributed by atoms with Crippen LogP contribution in [0.15, 0.2) is 66.6 Å². The molecule has 0 spiro atoms. The third-order valence-electron chi connectivity index (χ3n) is 5.37. The Morgan fingerprint density at radius 3 is 2.62 bits per heavy atom. The first kappa shape index (κ1) is 28.0. The van der Waals surface area contributed by atoms with Crippen LogP contribution in [0.25, 0.3) is 11.3 Å². The molecule has 0 aliphatic carbocycles. The Hall–Kier alpha value is -3.59. The lowest BCUT2D eigenvalue weighted by Crippen LogP contribution is -2.26. The van der Waals surface area contributed by atoms with Gasteiger partial charge in [0.2, 0.25) is 0 Å². The zero-order valence-corrected chi connectivity index (χ0v) is 22.4. The number of amides is 2. The van der Waals surface area contributed by atoms with Gasteiger partial charge in [-0.1, -0.05) is 30.3 Å². The zero-order valence-electron chi connectivity index (χ0n) is 20.8. The number of ether oxygens (including phenoxy) is 2. The van der Waals surface area contributed by atoms with Crippen LogP contribution in [0, 0.1) is 0 Å². The minimum atomic E-state index is -0.252. The molecule has 4 N–H and O–H groups in total. The third-order valence-corrected chi connectivity index (χ3v) is 6.68. The summed E-state index contributed by atoms with van der Waals surface area (Å²) in [5.74, 6) is 0.134. The molecule has 0 fully saturated rings. The van der Waals surface area contributed by atoms with Crippen LogP contribution in [-0.2, 0) is 16.1 Å². The molecule has 37 heavy (non-hydrogen) atoms. The van der Waals surface area contributed by atoms with Gasteiger partial charge in [-0.3, -0.25) is 9.59 Å². The van der Waals surface area contributed by atoms with Gasteiger partial charge in [0.1, 0.15) is 12.4 Å². The number of benzene rings is 2. The number of carbonyl (C=O) groups is 2. The molecule has 2 aromatic carbocycles. The van der Waals surface area contributed by atoms with Gasteiger partial charge in [-0.05, 0) is 55.1 Å². The van der Waals surface area contributed by atoms with Gasteiger partial charge in [-0.15, -0.1) is 11.3 Å². The number of anilines is 1. The summed E-state index contributed by atoms with van der Waals surface area (Å²) in [6.45, 7) is 7.02. The molecule has 9 heteroatoms. The lowest BCUT2D eigenvalue weighted by atomic mass is 10.0. The van der Waals surface area contributed by atoms with Crippen LogP contribution in [0.3, 0.4) is 0 Å². The lowest BCUT2D eigenvalue weighted by Gasteiger charge is -2.12. The Bertz CT molecular complexity index is 1280. The minimum absolute atomic E-state index is 0.181. The van der Waals surface area contributed by atoms with Gasteiger partial charge in [-0.25, -0.2) is 0 Å².